The van der Waals surface area contributed by atoms with Gasteiger partial charge in [-0.3, -0.25) is 4.79 Å². The van der Waals surface area contributed by atoms with E-state index in [1.807, 2.05) is 0 Å². The van der Waals surface area contributed by atoms with E-state index < -0.39 is 29.8 Å². The molecule has 9 heteroatoms. The van der Waals surface area contributed by atoms with Gasteiger partial charge >= 0.3 is 12.5 Å². The van der Waals surface area contributed by atoms with Crippen LogP contribution in [0.2, 0.25) is 0 Å². The number of carbonyl (C=O) groups excluding carboxylic acids is 1. The van der Waals surface area contributed by atoms with Gasteiger partial charge < -0.3 is 9.64 Å². The second kappa shape index (κ2) is 6.47. The van der Waals surface area contributed by atoms with Crippen molar-refractivity contribution in [2.24, 2.45) is 0 Å². The summed E-state index contributed by atoms with van der Waals surface area (Å²) in [7, 11) is 0. The van der Waals surface area contributed by atoms with Crippen LogP contribution >= 0.6 is 0 Å². The van der Waals surface area contributed by atoms with Gasteiger partial charge in [0.25, 0.3) is 5.91 Å². The van der Waals surface area contributed by atoms with E-state index in [1.165, 1.54) is 30.0 Å². The van der Waals surface area contributed by atoms with Crippen molar-refractivity contribution in [3.8, 4) is 5.75 Å². The van der Waals surface area contributed by atoms with Crippen molar-refractivity contribution in [2.75, 3.05) is 0 Å². The Balaban J connectivity index is 1.81. The van der Waals surface area contributed by atoms with E-state index in [4.69, 9.17) is 0 Å². The largest absolute Gasteiger partial charge is 0.573 e. The third kappa shape index (κ3) is 4.17. The number of halogens is 6. The molecule has 27 heavy (non-hydrogen) atoms. The van der Waals surface area contributed by atoms with Gasteiger partial charge in [0.2, 0.25) is 0 Å². The van der Waals surface area contributed by atoms with Crippen molar-refractivity contribution >= 4 is 5.91 Å². The Bertz CT molecular complexity index is 871. The van der Waals surface area contributed by atoms with Gasteiger partial charge in [0.15, 0.2) is 0 Å². The molecule has 1 aliphatic rings. The molecular formula is C18H13F6NO2. The number of amides is 1. The van der Waals surface area contributed by atoms with Crippen LogP contribution in [-0.2, 0) is 19.3 Å². The quantitative estimate of drug-likeness (QED) is 0.686. The Kier molecular flexibility index (Phi) is 4.57. The lowest BCUT2D eigenvalue weighted by atomic mass is 9.99. The van der Waals surface area contributed by atoms with E-state index in [2.05, 4.69) is 4.74 Å². The second-order valence-electron chi connectivity index (χ2n) is 6.20. The molecule has 0 atom stereocenters. The number of hydrogen-bond donors (Lipinski definition) is 0. The highest BCUT2D eigenvalue weighted by Gasteiger charge is 2.41. The molecule has 0 aromatic heterocycles. The first kappa shape index (κ1) is 19.1. The Morgan fingerprint density at radius 3 is 2.22 bits per heavy atom. The number of nitrogens with zero attached hydrogens (tertiary/aromatic N) is 1. The minimum atomic E-state index is -4.82. The van der Waals surface area contributed by atoms with Gasteiger partial charge in [-0.15, -0.1) is 13.2 Å². The minimum Gasteiger partial charge on any atom is -0.406 e. The molecule has 0 bridgehead atoms. The van der Waals surface area contributed by atoms with E-state index in [0.717, 1.165) is 18.2 Å². The molecule has 0 fully saturated rings. The number of hydrogen-bond acceptors (Lipinski definition) is 2. The molecule has 0 N–H and O–H groups in total. The molecule has 0 unspecified atom stereocenters. The lowest BCUT2D eigenvalue weighted by Gasteiger charge is -2.17. The SMILES string of the molecule is Cc1cc2c(c(C(F)(F)F)c1)C(=O)N(Cc1ccc(OC(F)(F)F)cc1)C2. The highest BCUT2D eigenvalue weighted by atomic mass is 19.4. The van der Waals surface area contributed by atoms with Crippen LogP contribution < -0.4 is 4.74 Å². The molecule has 0 aliphatic carbocycles. The molecule has 144 valence electrons. The molecule has 1 heterocycles. The summed E-state index contributed by atoms with van der Waals surface area (Å²) < 4.78 is 80.0. The van der Waals surface area contributed by atoms with E-state index >= 15 is 0 Å². The fraction of sp³-hybridized carbons (Fsp3) is 0.278. The van der Waals surface area contributed by atoms with E-state index in [1.54, 1.807) is 0 Å². The number of ether oxygens (including phenoxy) is 1. The number of carbonyl (C=O) groups is 1. The van der Waals surface area contributed by atoms with Crippen molar-refractivity contribution < 1.29 is 35.9 Å². The van der Waals surface area contributed by atoms with Gasteiger partial charge in [0.1, 0.15) is 5.75 Å². The maximum atomic E-state index is 13.3. The number of alkyl halides is 6. The molecule has 3 rings (SSSR count). The maximum Gasteiger partial charge on any atom is 0.573 e. The van der Waals surface area contributed by atoms with Crippen LogP contribution in [0.1, 0.15) is 32.6 Å². The molecule has 2 aromatic rings. The van der Waals surface area contributed by atoms with Crippen LogP contribution in [0.15, 0.2) is 36.4 Å². The normalized spacial score (nSPS) is 14.5. The zero-order valence-corrected chi connectivity index (χ0v) is 13.9. The highest BCUT2D eigenvalue weighted by Crippen LogP contribution is 2.38. The molecule has 3 nitrogen and oxygen atoms in total. The van der Waals surface area contributed by atoms with Gasteiger partial charge in [0.05, 0.1) is 11.1 Å². The van der Waals surface area contributed by atoms with Crippen LogP contribution in [0.25, 0.3) is 0 Å². The van der Waals surface area contributed by atoms with E-state index in [0.29, 0.717) is 11.1 Å². The third-order valence-corrected chi connectivity index (χ3v) is 4.06. The van der Waals surface area contributed by atoms with Crippen molar-refractivity contribution in [1.82, 2.24) is 4.90 Å². The number of fused-ring (bicyclic) bond motifs is 1. The Labute approximate surface area is 150 Å². The maximum absolute atomic E-state index is 13.3. The minimum absolute atomic E-state index is 0.000269. The smallest absolute Gasteiger partial charge is 0.406 e. The standard InChI is InChI=1S/C18H13F6NO2/c1-10-6-12-9-25(16(26)15(12)14(7-10)17(19,20)21)8-11-2-4-13(5-3-11)27-18(22,23)24/h2-7H,8-9H2,1H3. The van der Waals surface area contributed by atoms with Crippen molar-refractivity contribution in [3.63, 3.8) is 0 Å². The summed E-state index contributed by atoms with van der Waals surface area (Å²) in [5.41, 5.74) is -0.200. The van der Waals surface area contributed by atoms with Crippen molar-refractivity contribution in [2.45, 2.75) is 32.6 Å². The first-order chi connectivity index (χ1) is 12.4. The Hall–Kier alpha value is -2.71. The topological polar surface area (TPSA) is 29.5 Å². The van der Waals surface area contributed by atoms with Gasteiger partial charge in [-0.25, -0.2) is 0 Å². The molecule has 0 spiro atoms. The summed E-state index contributed by atoms with van der Waals surface area (Å²) in [6.45, 7) is 1.48. The number of rotatable bonds is 3. The van der Waals surface area contributed by atoms with Crippen LogP contribution in [0.4, 0.5) is 26.3 Å². The van der Waals surface area contributed by atoms with Gasteiger partial charge in [0, 0.05) is 13.1 Å². The average molecular weight is 389 g/mol. The second-order valence-corrected chi connectivity index (χ2v) is 6.20. The molecule has 1 aliphatic heterocycles. The fourth-order valence-electron chi connectivity index (χ4n) is 3.04. The summed E-state index contributed by atoms with van der Waals surface area (Å²) in [4.78, 5) is 13.7. The summed E-state index contributed by atoms with van der Waals surface area (Å²) >= 11 is 0. The molecule has 0 saturated heterocycles. The molecule has 0 radical (unpaired) electrons. The lowest BCUT2D eigenvalue weighted by molar-refractivity contribution is -0.274. The molecule has 1 amide bonds. The fourth-order valence-corrected chi connectivity index (χ4v) is 3.04. The van der Waals surface area contributed by atoms with E-state index in [9.17, 15) is 31.1 Å². The van der Waals surface area contributed by atoms with Crippen LogP contribution in [0, 0.1) is 6.92 Å². The average Bonchev–Trinajstić information content (AvgIpc) is 2.82. The summed E-state index contributed by atoms with van der Waals surface area (Å²) in [5, 5.41) is 0. The molecule has 0 saturated carbocycles. The lowest BCUT2D eigenvalue weighted by Crippen LogP contribution is -2.24. The van der Waals surface area contributed by atoms with Gasteiger partial charge in [-0.2, -0.15) is 13.2 Å². The number of benzene rings is 2. The predicted octanol–water partition coefficient (Wildman–Crippen LogP) is 5.07. The highest BCUT2D eigenvalue weighted by molar-refractivity contribution is 6.00. The van der Waals surface area contributed by atoms with Crippen molar-refractivity contribution in [3.05, 3.63) is 64.2 Å². The molecule has 2 aromatic carbocycles. The zero-order chi connectivity index (χ0) is 20.0. The van der Waals surface area contributed by atoms with Crippen LogP contribution in [0.3, 0.4) is 0 Å². The summed E-state index contributed by atoms with van der Waals surface area (Å²) in [5.74, 6) is -1.18. The van der Waals surface area contributed by atoms with Crippen molar-refractivity contribution in [1.29, 1.82) is 0 Å². The Morgan fingerprint density at radius 1 is 1.04 bits per heavy atom. The number of aryl methyl sites for hydroxylation is 1. The monoisotopic (exact) mass is 389 g/mol. The van der Waals surface area contributed by atoms with E-state index in [-0.39, 0.29) is 24.2 Å². The predicted molar refractivity (Wildman–Crippen MR) is 82.9 cm³/mol. The first-order valence-corrected chi connectivity index (χ1v) is 7.79. The zero-order valence-electron chi connectivity index (χ0n) is 13.9. The van der Waals surface area contributed by atoms with Gasteiger partial charge in [-0.1, -0.05) is 23.8 Å². The summed E-state index contributed by atoms with van der Waals surface area (Å²) in [6.07, 6.45) is -9.47. The summed E-state index contributed by atoms with van der Waals surface area (Å²) in [6, 6.07) is 7.29. The Morgan fingerprint density at radius 2 is 1.67 bits per heavy atom. The molecular weight excluding hydrogens is 376 g/mol. The third-order valence-electron chi connectivity index (χ3n) is 4.06. The first-order valence-electron chi connectivity index (χ1n) is 7.79. The van der Waals surface area contributed by atoms with Crippen LogP contribution in [-0.4, -0.2) is 17.2 Å². The van der Waals surface area contributed by atoms with Crippen LogP contribution in [0.5, 0.6) is 5.75 Å². The van der Waals surface area contributed by atoms with Gasteiger partial charge in [-0.05, 0) is 36.2 Å².